The van der Waals surface area contributed by atoms with E-state index in [0.29, 0.717) is 22.3 Å². The molecule has 140 valence electrons. The molecule has 0 fully saturated rings. The summed E-state index contributed by atoms with van der Waals surface area (Å²) < 4.78 is 32.6. The van der Waals surface area contributed by atoms with Gasteiger partial charge in [0, 0.05) is 28.2 Å². The molecule has 4 aromatic rings. The highest BCUT2D eigenvalue weighted by molar-refractivity contribution is 7.91. The van der Waals surface area contributed by atoms with Crippen molar-refractivity contribution in [1.82, 2.24) is 4.98 Å². The lowest BCUT2D eigenvalue weighted by atomic mass is 10.2. The maximum absolute atomic E-state index is 13.3. The lowest BCUT2D eigenvalue weighted by molar-refractivity contribution is 0.112. The molecule has 0 aliphatic rings. The molecule has 1 heterocycles. The number of ether oxygens (including phenoxy) is 1. The summed E-state index contributed by atoms with van der Waals surface area (Å²) in [5, 5.41) is 0.677. The topological polar surface area (TPSA) is 76.2 Å². The van der Waals surface area contributed by atoms with Gasteiger partial charge in [0.15, 0.2) is 6.29 Å². The van der Waals surface area contributed by atoms with Crippen molar-refractivity contribution in [3.8, 4) is 5.75 Å². The van der Waals surface area contributed by atoms with Crippen LogP contribution in [-0.2, 0) is 9.84 Å². The minimum Gasteiger partial charge on any atom is -0.469 e. The molecule has 0 amide bonds. The SMILES string of the molecule is O=Cc1c[nH]c2ccc(OC(c3ccccc3)S(=O)(=O)c3ccccc3)cc12. The van der Waals surface area contributed by atoms with Gasteiger partial charge in [-0.1, -0.05) is 48.5 Å². The molecule has 0 aliphatic heterocycles. The average Bonchev–Trinajstić information content (AvgIpc) is 3.15. The quantitative estimate of drug-likeness (QED) is 0.490. The number of carbonyl (C=O) groups excluding carboxylic acids is 1. The van der Waals surface area contributed by atoms with Gasteiger partial charge in [-0.15, -0.1) is 0 Å². The Balaban J connectivity index is 1.80. The van der Waals surface area contributed by atoms with E-state index in [1.807, 2.05) is 6.07 Å². The minimum atomic E-state index is -3.81. The van der Waals surface area contributed by atoms with Crippen molar-refractivity contribution < 1.29 is 17.9 Å². The van der Waals surface area contributed by atoms with E-state index in [4.69, 9.17) is 4.74 Å². The van der Waals surface area contributed by atoms with Crippen LogP contribution in [0.5, 0.6) is 5.75 Å². The van der Waals surface area contributed by atoms with Gasteiger partial charge in [-0.25, -0.2) is 8.42 Å². The molecule has 1 N–H and O–H groups in total. The van der Waals surface area contributed by atoms with Crippen LogP contribution in [0.15, 0.2) is 90.0 Å². The van der Waals surface area contributed by atoms with E-state index in [1.54, 1.807) is 79.0 Å². The summed E-state index contributed by atoms with van der Waals surface area (Å²) in [5.41, 5.74) is 0.572. The Kier molecular flexibility index (Phi) is 4.71. The number of aromatic amines is 1. The van der Waals surface area contributed by atoms with Crippen LogP contribution in [-0.4, -0.2) is 19.7 Å². The van der Waals surface area contributed by atoms with E-state index in [0.717, 1.165) is 11.8 Å². The van der Waals surface area contributed by atoms with Gasteiger partial charge in [-0.2, -0.15) is 0 Å². The van der Waals surface area contributed by atoms with Crippen molar-refractivity contribution >= 4 is 27.0 Å². The number of carbonyl (C=O) groups is 1. The predicted molar refractivity (Wildman–Crippen MR) is 107 cm³/mol. The van der Waals surface area contributed by atoms with E-state index >= 15 is 0 Å². The number of nitrogens with one attached hydrogen (secondary N) is 1. The Hall–Kier alpha value is -3.38. The van der Waals surface area contributed by atoms with E-state index in [-0.39, 0.29) is 4.90 Å². The number of benzene rings is 3. The van der Waals surface area contributed by atoms with Crippen molar-refractivity contribution in [2.24, 2.45) is 0 Å². The van der Waals surface area contributed by atoms with Gasteiger partial charge < -0.3 is 9.72 Å². The molecular formula is C22H17NO4S. The maximum atomic E-state index is 13.3. The second-order valence-corrected chi connectivity index (χ2v) is 8.28. The Bertz CT molecular complexity index is 1220. The molecule has 0 aliphatic carbocycles. The van der Waals surface area contributed by atoms with Crippen LogP contribution in [0.4, 0.5) is 0 Å². The zero-order chi connectivity index (χ0) is 19.6. The van der Waals surface area contributed by atoms with Crippen LogP contribution in [0.1, 0.15) is 21.4 Å². The Morgan fingerprint density at radius 2 is 1.57 bits per heavy atom. The summed E-state index contributed by atoms with van der Waals surface area (Å²) >= 11 is 0. The van der Waals surface area contributed by atoms with Crippen molar-refractivity contribution in [2.45, 2.75) is 10.3 Å². The first-order valence-corrected chi connectivity index (χ1v) is 10.2. The predicted octanol–water partition coefficient (Wildman–Crippen LogP) is 4.53. The number of hydrogen-bond acceptors (Lipinski definition) is 4. The molecule has 1 aromatic heterocycles. The van der Waals surface area contributed by atoms with Gasteiger partial charge in [0.05, 0.1) is 4.90 Å². The summed E-state index contributed by atoms with van der Waals surface area (Å²) in [6, 6.07) is 22.1. The Morgan fingerprint density at radius 1 is 0.893 bits per heavy atom. The normalized spacial score (nSPS) is 12.6. The van der Waals surface area contributed by atoms with Crippen LogP contribution < -0.4 is 4.74 Å². The van der Waals surface area contributed by atoms with Gasteiger partial charge in [-0.3, -0.25) is 4.79 Å². The first-order chi connectivity index (χ1) is 13.6. The Labute approximate surface area is 162 Å². The van der Waals surface area contributed by atoms with Crippen molar-refractivity contribution in [3.05, 3.63) is 96.2 Å². The van der Waals surface area contributed by atoms with Crippen molar-refractivity contribution in [3.63, 3.8) is 0 Å². The largest absolute Gasteiger partial charge is 0.469 e. The van der Waals surface area contributed by atoms with Crippen LogP contribution in [0.25, 0.3) is 10.9 Å². The molecule has 1 unspecified atom stereocenters. The lowest BCUT2D eigenvalue weighted by Gasteiger charge is -2.20. The van der Waals surface area contributed by atoms with E-state index in [9.17, 15) is 13.2 Å². The molecule has 3 aromatic carbocycles. The van der Waals surface area contributed by atoms with Crippen LogP contribution >= 0.6 is 0 Å². The molecule has 0 radical (unpaired) electrons. The van der Waals surface area contributed by atoms with Crippen molar-refractivity contribution in [1.29, 1.82) is 0 Å². The standard InChI is InChI=1S/C22H17NO4S/c24-15-17-14-23-21-12-11-18(13-20(17)21)27-22(16-7-3-1-4-8-16)28(25,26)19-9-5-2-6-10-19/h1-15,22-23H. The van der Waals surface area contributed by atoms with Gasteiger partial charge in [0.2, 0.25) is 15.3 Å². The fourth-order valence-corrected chi connectivity index (χ4v) is 4.61. The molecule has 6 heteroatoms. The third kappa shape index (κ3) is 3.30. The summed E-state index contributed by atoms with van der Waals surface area (Å²) in [6.45, 7) is 0. The first-order valence-electron chi connectivity index (χ1n) is 8.66. The van der Waals surface area contributed by atoms with Gasteiger partial charge in [-0.05, 0) is 30.3 Å². The highest BCUT2D eigenvalue weighted by atomic mass is 32.2. The smallest absolute Gasteiger partial charge is 0.228 e. The molecule has 1 atom stereocenters. The van der Waals surface area contributed by atoms with Gasteiger partial charge in [0.25, 0.3) is 0 Å². The van der Waals surface area contributed by atoms with Gasteiger partial charge >= 0.3 is 0 Å². The molecule has 0 saturated heterocycles. The number of rotatable bonds is 6. The van der Waals surface area contributed by atoms with E-state index in [1.165, 1.54) is 0 Å². The number of aldehydes is 1. The zero-order valence-electron chi connectivity index (χ0n) is 14.8. The van der Waals surface area contributed by atoms with E-state index < -0.39 is 15.3 Å². The monoisotopic (exact) mass is 391 g/mol. The summed E-state index contributed by atoms with van der Waals surface area (Å²) in [7, 11) is -3.81. The summed E-state index contributed by atoms with van der Waals surface area (Å²) in [5.74, 6) is 0.364. The molecule has 0 spiro atoms. The summed E-state index contributed by atoms with van der Waals surface area (Å²) in [4.78, 5) is 14.4. The zero-order valence-corrected chi connectivity index (χ0v) is 15.6. The average molecular weight is 391 g/mol. The van der Waals surface area contributed by atoms with E-state index in [2.05, 4.69) is 4.98 Å². The highest BCUT2D eigenvalue weighted by Crippen LogP contribution is 2.33. The maximum Gasteiger partial charge on any atom is 0.228 e. The number of hydrogen-bond donors (Lipinski definition) is 1. The molecule has 4 rings (SSSR count). The molecular weight excluding hydrogens is 374 g/mol. The molecule has 0 bridgehead atoms. The third-order valence-electron chi connectivity index (χ3n) is 4.48. The number of fused-ring (bicyclic) bond motifs is 1. The fourth-order valence-electron chi connectivity index (χ4n) is 3.07. The van der Waals surface area contributed by atoms with Crippen LogP contribution in [0, 0.1) is 0 Å². The van der Waals surface area contributed by atoms with Crippen LogP contribution in [0.2, 0.25) is 0 Å². The number of aromatic nitrogens is 1. The van der Waals surface area contributed by atoms with Gasteiger partial charge in [0.1, 0.15) is 5.75 Å². The minimum absolute atomic E-state index is 0.181. The summed E-state index contributed by atoms with van der Waals surface area (Å²) in [6.07, 6.45) is 2.36. The van der Waals surface area contributed by atoms with Crippen LogP contribution in [0.3, 0.4) is 0 Å². The fraction of sp³-hybridized carbons (Fsp3) is 0.0455. The molecule has 0 saturated carbocycles. The first kappa shape index (κ1) is 18.0. The number of sulfone groups is 1. The Morgan fingerprint density at radius 3 is 2.25 bits per heavy atom. The second kappa shape index (κ2) is 7.32. The lowest BCUT2D eigenvalue weighted by Crippen LogP contribution is -2.19. The second-order valence-electron chi connectivity index (χ2n) is 6.29. The molecule has 28 heavy (non-hydrogen) atoms. The third-order valence-corrected chi connectivity index (χ3v) is 6.34. The highest BCUT2D eigenvalue weighted by Gasteiger charge is 2.31. The molecule has 5 nitrogen and oxygen atoms in total. The van der Waals surface area contributed by atoms with Crippen molar-refractivity contribution in [2.75, 3.05) is 0 Å². The number of H-pyrrole nitrogens is 1.